The molecule has 0 bridgehead atoms. The van der Waals surface area contributed by atoms with Crippen molar-refractivity contribution in [1.82, 2.24) is 0 Å². The van der Waals surface area contributed by atoms with E-state index in [0.29, 0.717) is 44.1 Å². The first-order valence-electron chi connectivity index (χ1n) is 16.0. The fourth-order valence-corrected chi connectivity index (χ4v) is 10.6. The third-order valence-electron chi connectivity index (χ3n) is 12.0. The third kappa shape index (κ3) is 4.57. The van der Waals surface area contributed by atoms with Crippen molar-refractivity contribution in [2.24, 2.45) is 28.6 Å². The summed E-state index contributed by atoms with van der Waals surface area (Å²) in [4.78, 5) is 40.2. The first kappa shape index (κ1) is 31.6. The Balaban J connectivity index is 1.34. The van der Waals surface area contributed by atoms with E-state index < -0.39 is 57.7 Å². The van der Waals surface area contributed by atoms with E-state index in [1.54, 1.807) is 19.1 Å². The minimum Gasteiger partial charge on any atom is -0.486 e. The molecule has 4 unspecified atom stereocenters. The predicted molar refractivity (Wildman–Crippen MR) is 164 cm³/mol. The Morgan fingerprint density at radius 1 is 1.20 bits per heavy atom. The number of fused-ring (bicyclic) bond motifs is 5. The van der Waals surface area contributed by atoms with Gasteiger partial charge in [-0.2, -0.15) is 0 Å². The largest absolute Gasteiger partial charge is 0.486 e. The Kier molecular flexibility index (Phi) is 7.99. The number of allylic oxidation sites excluding steroid dienone is 4. The minimum atomic E-state index is -2.06. The highest BCUT2D eigenvalue weighted by Gasteiger charge is 2.77. The number of ether oxygens (including phenoxy) is 2. The molecule has 44 heavy (non-hydrogen) atoms. The molecule has 1 aliphatic heterocycles. The lowest BCUT2D eigenvalue weighted by molar-refractivity contribution is -0.227. The van der Waals surface area contributed by atoms with Crippen molar-refractivity contribution in [3.8, 4) is 11.8 Å². The molecule has 0 spiro atoms. The van der Waals surface area contributed by atoms with Crippen molar-refractivity contribution < 1.29 is 38.5 Å². The van der Waals surface area contributed by atoms with E-state index >= 15 is 4.39 Å². The van der Waals surface area contributed by atoms with E-state index in [0.717, 1.165) is 31.0 Å². The summed E-state index contributed by atoms with van der Waals surface area (Å²) in [6.07, 6.45) is 11.0. The van der Waals surface area contributed by atoms with E-state index in [2.05, 4.69) is 11.8 Å². The van der Waals surface area contributed by atoms with Crippen LogP contribution in [0.5, 0.6) is 0 Å². The number of hydrogen-bond acceptors (Lipinski definition) is 8. The minimum absolute atomic E-state index is 0.0888. The number of esters is 1. The van der Waals surface area contributed by atoms with Gasteiger partial charge in [0.25, 0.3) is 0 Å². The van der Waals surface area contributed by atoms with E-state index in [1.807, 2.05) is 13.8 Å². The monoisotopic (exact) mass is 626 g/mol. The van der Waals surface area contributed by atoms with Crippen LogP contribution in [0.1, 0.15) is 85.0 Å². The molecule has 0 aromatic heterocycles. The number of aliphatic hydroxyl groups excluding tert-OH is 1. The van der Waals surface area contributed by atoms with Crippen LogP contribution in [0.4, 0.5) is 4.39 Å². The number of alkyl halides is 1. The van der Waals surface area contributed by atoms with Crippen LogP contribution in [-0.2, 0) is 23.9 Å². The van der Waals surface area contributed by atoms with Gasteiger partial charge in [0.05, 0.1) is 18.1 Å². The maximum atomic E-state index is 17.7. The Labute approximate surface area is 263 Å². The number of hydrogen-bond donors (Lipinski definition) is 2. The number of carbonyl (C=O) groups excluding carboxylic acids is 3. The van der Waals surface area contributed by atoms with Gasteiger partial charge in [-0.15, -0.1) is 0 Å². The highest BCUT2D eigenvalue weighted by atomic mass is 32.2. The summed E-state index contributed by atoms with van der Waals surface area (Å²) in [5.41, 5.74) is -6.30. The van der Waals surface area contributed by atoms with E-state index in [-0.39, 0.29) is 29.0 Å². The molecular formula is C35H43FO7S. The molecule has 2 N–H and O–H groups in total. The zero-order valence-corrected chi connectivity index (χ0v) is 26.6. The topological polar surface area (TPSA) is 110 Å². The van der Waals surface area contributed by atoms with Crippen LogP contribution < -0.4 is 0 Å². The van der Waals surface area contributed by atoms with Crippen molar-refractivity contribution in [3.05, 3.63) is 36.1 Å². The number of thioether (sulfide) groups is 1. The maximum Gasteiger partial charge on any atom is 0.348 e. The second-order valence-electron chi connectivity index (χ2n) is 14.3. The van der Waals surface area contributed by atoms with Crippen molar-refractivity contribution in [2.75, 3.05) is 5.75 Å². The van der Waals surface area contributed by atoms with Gasteiger partial charge in [0.2, 0.25) is 5.12 Å². The quantitative estimate of drug-likeness (QED) is 0.326. The number of carbonyl (C=O) groups is 3. The molecule has 4 saturated carbocycles. The van der Waals surface area contributed by atoms with Crippen molar-refractivity contribution >= 4 is 28.6 Å². The van der Waals surface area contributed by atoms with Gasteiger partial charge in [0, 0.05) is 29.1 Å². The SMILES string of the molecule is C[C@@H]1CC2C3CCC4=CC(=O)C=C[C@]4(C)[C@@]3(F)[C@@H](O)C[C@]2(C)C1(OC(=O)C1CC=CO1)C(=O)SCC#CC1(O)CCCCC1. The smallest absolute Gasteiger partial charge is 0.348 e. The van der Waals surface area contributed by atoms with Gasteiger partial charge < -0.3 is 19.7 Å². The second kappa shape index (κ2) is 11.1. The first-order valence-corrected chi connectivity index (χ1v) is 17.0. The number of rotatable bonds is 4. The van der Waals surface area contributed by atoms with Crippen LogP contribution in [0.25, 0.3) is 0 Å². The summed E-state index contributed by atoms with van der Waals surface area (Å²) in [5.74, 6) is 3.78. The van der Waals surface area contributed by atoms with Crippen LogP contribution in [0.3, 0.4) is 0 Å². The molecule has 5 aliphatic carbocycles. The maximum absolute atomic E-state index is 17.7. The average molecular weight is 627 g/mol. The molecule has 9 heteroatoms. The average Bonchev–Trinajstić information content (AvgIpc) is 3.59. The molecule has 0 aromatic rings. The van der Waals surface area contributed by atoms with Crippen molar-refractivity contribution in [1.29, 1.82) is 0 Å². The van der Waals surface area contributed by atoms with Crippen molar-refractivity contribution in [3.63, 3.8) is 0 Å². The Bertz CT molecular complexity index is 1380. The summed E-state index contributed by atoms with van der Waals surface area (Å²) in [5, 5.41) is 22.3. The Morgan fingerprint density at radius 2 is 1.95 bits per heavy atom. The standard InChI is InChI=1S/C35H43FO7S/c1-22-19-26-25-11-10-23-20-24(37)12-16-31(23,2)34(25,36)28(38)21-32(26,3)35(22,43-29(39)27-9-7-17-42-27)30(40)44-18-8-15-33(41)13-5-4-6-14-33/h7,12,16-17,20,22,25-28,38,41H,4-6,9-11,13-14,18-19,21H2,1-3H3/t22-,25?,26?,27?,28+,31+,32+,34+,35?/m1/s1. The molecule has 1 heterocycles. The zero-order valence-electron chi connectivity index (χ0n) is 25.8. The molecular weight excluding hydrogens is 583 g/mol. The van der Waals surface area contributed by atoms with Crippen LogP contribution >= 0.6 is 11.8 Å². The summed E-state index contributed by atoms with van der Waals surface area (Å²) in [6.45, 7) is 5.50. The van der Waals surface area contributed by atoms with Gasteiger partial charge in [0.1, 0.15) is 5.60 Å². The van der Waals surface area contributed by atoms with Crippen LogP contribution in [0, 0.1) is 40.4 Å². The number of halogens is 1. The zero-order chi connectivity index (χ0) is 31.5. The highest BCUT2D eigenvalue weighted by molar-refractivity contribution is 8.14. The number of ketones is 1. The molecule has 9 atom stereocenters. The lowest BCUT2D eigenvalue weighted by Gasteiger charge is -2.62. The number of aliphatic hydroxyl groups is 2. The third-order valence-corrected chi connectivity index (χ3v) is 12.8. The first-order chi connectivity index (χ1) is 20.8. The van der Waals surface area contributed by atoms with Crippen LogP contribution in [-0.4, -0.2) is 61.9 Å². The normalized spacial score (nSPS) is 43.5. The Hall–Kier alpha value is -2.41. The summed E-state index contributed by atoms with van der Waals surface area (Å²) in [6, 6.07) is 0. The van der Waals surface area contributed by atoms with Crippen molar-refractivity contribution in [2.45, 2.75) is 114 Å². The van der Waals surface area contributed by atoms with Gasteiger partial charge >= 0.3 is 5.97 Å². The molecule has 0 radical (unpaired) electrons. The molecule has 238 valence electrons. The molecule has 4 fully saturated rings. The van der Waals surface area contributed by atoms with E-state index in [9.17, 15) is 24.6 Å². The molecule has 6 aliphatic rings. The Morgan fingerprint density at radius 3 is 2.66 bits per heavy atom. The lowest BCUT2D eigenvalue weighted by Crippen LogP contribution is -2.69. The summed E-state index contributed by atoms with van der Waals surface area (Å²) < 4.78 is 29.5. The molecule has 0 saturated heterocycles. The van der Waals surface area contributed by atoms with Gasteiger partial charge in [-0.1, -0.05) is 55.5 Å². The fraction of sp³-hybridized carbons (Fsp3) is 0.686. The van der Waals surface area contributed by atoms with Crippen LogP contribution in [0.15, 0.2) is 36.1 Å². The molecule has 0 amide bonds. The fourth-order valence-electron chi connectivity index (χ4n) is 9.66. The summed E-state index contributed by atoms with van der Waals surface area (Å²) >= 11 is 0.959. The van der Waals surface area contributed by atoms with E-state index in [4.69, 9.17) is 9.47 Å². The van der Waals surface area contributed by atoms with Gasteiger partial charge in [-0.05, 0) is 82.4 Å². The van der Waals surface area contributed by atoms with Gasteiger partial charge in [0.15, 0.2) is 23.2 Å². The predicted octanol–water partition coefficient (Wildman–Crippen LogP) is 5.15. The molecule has 6 rings (SSSR count). The molecule has 0 aromatic carbocycles. The van der Waals surface area contributed by atoms with Crippen LogP contribution in [0.2, 0.25) is 0 Å². The second-order valence-corrected chi connectivity index (χ2v) is 15.2. The highest BCUT2D eigenvalue weighted by Crippen LogP contribution is 2.71. The van der Waals surface area contributed by atoms with Gasteiger partial charge in [-0.3, -0.25) is 9.59 Å². The van der Waals surface area contributed by atoms with E-state index in [1.165, 1.54) is 18.4 Å². The van der Waals surface area contributed by atoms with Gasteiger partial charge in [-0.25, -0.2) is 9.18 Å². The lowest BCUT2D eigenvalue weighted by atomic mass is 9.45. The summed E-state index contributed by atoms with van der Waals surface area (Å²) in [7, 11) is 0. The molecule has 7 nitrogen and oxygen atoms in total.